The van der Waals surface area contributed by atoms with Gasteiger partial charge < -0.3 is 14.8 Å². The Morgan fingerprint density at radius 1 is 1.07 bits per heavy atom. The van der Waals surface area contributed by atoms with Crippen molar-refractivity contribution >= 4 is 21.8 Å². The molecule has 2 saturated heterocycles. The van der Waals surface area contributed by atoms with E-state index in [2.05, 4.69) is 52.1 Å². The third-order valence-electron chi connectivity index (χ3n) is 6.76. The summed E-state index contributed by atoms with van der Waals surface area (Å²) >= 11 is 3.51. The Morgan fingerprint density at radius 2 is 1.66 bits per heavy atom. The number of hydrogen-bond donors (Lipinski definition) is 1. The molecule has 2 fully saturated rings. The van der Waals surface area contributed by atoms with E-state index in [1.165, 1.54) is 0 Å². The van der Waals surface area contributed by atoms with Gasteiger partial charge in [0.15, 0.2) is 0 Å². The molecular weight excluding hydrogens is 432 g/mol. The number of rotatable bonds is 8. The van der Waals surface area contributed by atoms with Crippen LogP contribution in [0.1, 0.15) is 45.1 Å². The average Bonchev–Trinajstić information content (AvgIpc) is 2.78. The molecule has 1 aromatic rings. The van der Waals surface area contributed by atoms with Crippen LogP contribution in [0.2, 0.25) is 0 Å². The number of morpholine rings is 1. The topological polar surface area (TPSA) is 50.8 Å². The largest absolute Gasteiger partial charge is 0.381 e. The van der Waals surface area contributed by atoms with Crippen LogP contribution in [0.25, 0.3) is 0 Å². The van der Waals surface area contributed by atoms with Gasteiger partial charge in [0.05, 0.1) is 18.6 Å². The van der Waals surface area contributed by atoms with E-state index >= 15 is 0 Å². The monoisotopic (exact) mass is 466 g/mol. The van der Waals surface area contributed by atoms with Crippen LogP contribution in [-0.2, 0) is 19.7 Å². The zero-order valence-corrected chi connectivity index (χ0v) is 19.4. The maximum Gasteiger partial charge on any atom is 0.230 e. The Morgan fingerprint density at radius 3 is 2.24 bits per heavy atom. The molecule has 2 aliphatic rings. The number of benzene rings is 1. The highest BCUT2D eigenvalue weighted by molar-refractivity contribution is 9.10. The van der Waals surface area contributed by atoms with Gasteiger partial charge in [0.2, 0.25) is 5.91 Å². The van der Waals surface area contributed by atoms with Gasteiger partial charge in [0.25, 0.3) is 0 Å². The van der Waals surface area contributed by atoms with Crippen LogP contribution in [0.15, 0.2) is 28.7 Å². The first kappa shape index (κ1) is 22.7. The second-order valence-corrected chi connectivity index (χ2v) is 9.12. The van der Waals surface area contributed by atoms with Crippen LogP contribution in [0.5, 0.6) is 0 Å². The molecule has 1 atom stereocenters. The van der Waals surface area contributed by atoms with E-state index in [0.717, 1.165) is 62.0 Å². The highest BCUT2D eigenvalue weighted by Crippen LogP contribution is 2.36. The fourth-order valence-electron chi connectivity index (χ4n) is 4.84. The van der Waals surface area contributed by atoms with Crippen LogP contribution in [-0.4, -0.2) is 62.9 Å². The van der Waals surface area contributed by atoms with Gasteiger partial charge in [-0.25, -0.2) is 0 Å². The highest BCUT2D eigenvalue weighted by atomic mass is 79.9. The fraction of sp³-hybridized carbons (Fsp3) is 0.696. The van der Waals surface area contributed by atoms with E-state index in [1.54, 1.807) is 0 Å². The lowest BCUT2D eigenvalue weighted by atomic mass is 9.73. The molecule has 0 spiro atoms. The molecule has 1 amide bonds. The lowest BCUT2D eigenvalue weighted by molar-refractivity contribution is -0.131. The molecule has 29 heavy (non-hydrogen) atoms. The van der Waals surface area contributed by atoms with Gasteiger partial charge in [-0.3, -0.25) is 9.69 Å². The third kappa shape index (κ3) is 5.40. The molecule has 162 valence electrons. The maximum atomic E-state index is 13.6. The van der Waals surface area contributed by atoms with Crippen molar-refractivity contribution in [3.05, 3.63) is 34.3 Å². The van der Waals surface area contributed by atoms with Crippen molar-refractivity contribution < 1.29 is 14.3 Å². The zero-order valence-electron chi connectivity index (χ0n) is 17.8. The molecule has 5 nitrogen and oxygen atoms in total. The summed E-state index contributed by atoms with van der Waals surface area (Å²) in [5, 5.41) is 3.36. The molecule has 0 bridgehead atoms. The molecule has 0 radical (unpaired) electrons. The SMILES string of the molecule is CCC(CC)C(CNC(=O)C1(c2ccc(Br)cc2)CCOCC1)N1CCOCC1. The number of nitrogens with zero attached hydrogens (tertiary/aromatic N) is 1. The summed E-state index contributed by atoms with van der Waals surface area (Å²) in [6, 6.07) is 8.57. The molecule has 6 heteroatoms. The maximum absolute atomic E-state index is 13.6. The second-order valence-electron chi connectivity index (χ2n) is 8.20. The molecule has 2 aliphatic heterocycles. The van der Waals surface area contributed by atoms with Crippen molar-refractivity contribution in [1.29, 1.82) is 0 Å². The van der Waals surface area contributed by atoms with Gasteiger partial charge in [-0.15, -0.1) is 0 Å². The minimum absolute atomic E-state index is 0.146. The summed E-state index contributed by atoms with van der Waals surface area (Å²) in [5.74, 6) is 0.721. The van der Waals surface area contributed by atoms with Crippen molar-refractivity contribution in [2.24, 2.45) is 5.92 Å². The molecule has 0 aromatic heterocycles. The number of carbonyl (C=O) groups is 1. The van der Waals surface area contributed by atoms with Crippen molar-refractivity contribution in [3.63, 3.8) is 0 Å². The lowest BCUT2D eigenvalue weighted by Gasteiger charge is -2.40. The van der Waals surface area contributed by atoms with E-state index in [-0.39, 0.29) is 5.91 Å². The fourth-order valence-corrected chi connectivity index (χ4v) is 5.10. The predicted molar refractivity (Wildman–Crippen MR) is 119 cm³/mol. The summed E-state index contributed by atoms with van der Waals surface area (Å²) < 4.78 is 12.2. The van der Waals surface area contributed by atoms with Gasteiger partial charge in [-0.1, -0.05) is 54.8 Å². The summed E-state index contributed by atoms with van der Waals surface area (Å²) in [7, 11) is 0. The van der Waals surface area contributed by atoms with E-state index < -0.39 is 5.41 Å². The number of amides is 1. The van der Waals surface area contributed by atoms with E-state index in [9.17, 15) is 4.79 Å². The summed E-state index contributed by atoms with van der Waals surface area (Å²) in [4.78, 5) is 16.1. The molecule has 0 saturated carbocycles. The minimum Gasteiger partial charge on any atom is -0.381 e. The Bertz CT molecular complexity index is 636. The van der Waals surface area contributed by atoms with Gasteiger partial charge in [0, 0.05) is 43.4 Å². The van der Waals surface area contributed by atoms with Crippen LogP contribution in [0, 0.1) is 5.92 Å². The Balaban J connectivity index is 1.76. The van der Waals surface area contributed by atoms with Crippen molar-refractivity contribution in [2.75, 3.05) is 46.1 Å². The molecular formula is C23H35BrN2O3. The number of hydrogen-bond acceptors (Lipinski definition) is 4. The highest BCUT2D eigenvalue weighted by Gasteiger charge is 2.42. The van der Waals surface area contributed by atoms with Gasteiger partial charge in [0.1, 0.15) is 0 Å². The number of ether oxygens (including phenoxy) is 2. The van der Waals surface area contributed by atoms with E-state index in [1.807, 2.05) is 12.1 Å². The summed E-state index contributed by atoms with van der Waals surface area (Å²) in [6.45, 7) is 9.92. The average molecular weight is 467 g/mol. The van der Waals surface area contributed by atoms with E-state index in [4.69, 9.17) is 9.47 Å². The Labute approximate surface area is 183 Å². The molecule has 3 rings (SSSR count). The molecule has 2 heterocycles. The van der Waals surface area contributed by atoms with Crippen molar-refractivity contribution in [2.45, 2.75) is 51.0 Å². The minimum atomic E-state index is -0.498. The molecule has 0 aliphatic carbocycles. The van der Waals surface area contributed by atoms with Crippen molar-refractivity contribution in [3.8, 4) is 0 Å². The first-order chi connectivity index (χ1) is 14.1. The quantitative estimate of drug-likeness (QED) is 0.633. The van der Waals surface area contributed by atoms with E-state index in [0.29, 0.717) is 31.7 Å². The third-order valence-corrected chi connectivity index (χ3v) is 7.29. The number of carbonyl (C=O) groups excluding carboxylic acids is 1. The molecule has 1 unspecified atom stereocenters. The van der Waals surface area contributed by atoms with Gasteiger partial charge in [-0.05, 0) is 36.5 Å². The molecule has 1 aromatic carbocycles. The van der Waals surface area contributed by atoms with Gasteiger partial charge in [-0.2, -0.15) is 0 Å². The number of halogens is 1. The Hall–Kier alpha value is -0.950. The second kappa shape index (κ2) is 10.9. The van der Waals surface area contributed by atoms with Crippen LogP contribution >= 0.6 is 15.9 Å². The first-order valence-electron chi connectivity index (χ1n) is 11.0. The van der Waals surface area contributed by atoms with Gasteiger partial charge >= 0.3 is 0 Å². The first-order valence-corrected chi connectivity index (χ1v) is 11.8. The van der Waals surface area contributed by atoms with Crippen molar-refractivity contribution in [1.82, 2.24) is 10.2 Å². The smallest absolute Gasteiger partial charge is 0.230 e. The lowest BCUT2D eigenvalue weighted by Crippen LogP contribution is -2.55. The Kier molecular flexibility index (Phi) is 8.54. The normalized spacial score (nSPS) is 21.1. The molecule has 1 N–H and O–H groups in total. The number of nitrogens with one attached hydrogen (secondary N) is 1. The summed E-state index contributed by atoms with van der Waals surface area (Å²) in [6.07, 6.45) is 3.71. The van der Waals surface area contributed by atoms with Crippen LogP contribution in [0.4, 0.5) is 0 Å². The van der Waals surface area contributed by atoms with Crippen LogP contribution in [0.3, 0.4) is 0 Å². The predicted octanol–water partition coefficient (Wildman–Crippen LogP) is 3.75. The van der Waals surface area contributed by atoms with Crippen LogP contribution < -0.4 is 5.32 Å². The summed E-state index contributed by atoms with van der Waals surface area (Å²) in [5.41, 5.74) is 0.592. The standard InChI is InChI=1S/C23H35BrN2O3/c1-3-18(4-2)21(26-11-15-29-16-12-26)17-25-22(27)23(9-13-28-14-10-23)19-5-7-20(24)8-6-19/h5-8,18,21H,3-4,9-17H2,1-2H3,(H,25,27). The zero-order chi connectivity index (χ0) is 20.7.